The van der Waals surface area contributed by atoms with Crippen molar-refractivity contribution < 1.29 is 18.7 Å². The molecule has 4 nitrogen and oxygen atoms in total. The number of carbonyl (C=O) groups is 2. The SMILES string of the molecule is CCc1cccc(C)c1NC(=O)[C@H](C)OC(=O)/C=C/c1c(F)cccc1Cl. The van der Waals surface area contributed by atoms with Gasteiger partial charge in [-0.1, -0.05) is 42.8 Å². The van der Waals surface area contributed by atoms with Crippen LogP contribution in [0.3, 0.4) is 0 Å². The Morgan fingerprint density at radius 2 is 1.96 bits per heavy atom. The van der Waals surface area contributed by atoms with Crippen LogP contribution in [-0.2, 0) is 20.7 Å². The Labute approximate surface area is 163 Å². The van der Waals surface area contributed by atoms with Crippen molar-refractivity contribution in [1.82, 2.24) is 0 Å². The van der Waals surface area contributed by atoms with E-state index in [0.29, 0.717) is 0 Å². The molecular formula is C21H21ClFNO3. The van der Waals surface area contributed by atoms with Crippen LogP contribution in [0.1, 0.15) is 30.5 Å². The zero-order valence-electron chi connectivity index (χ0n) is 15.4. The summed E-state index contributed by atoms with van der Waals surface area (Å²) >= 11 is 5.90. The molecule has 1 amide bonds. The predicted molar refractivity (Wildman–Crippen MR) is 105 cm³/mol. The number of anilines is 1. The monoisotopic (exact) mass is 389 g/mol. The molecule has 6 heteroatoms. The van der Waals surface area contributed by atoms with Gasteiger partial charge in [0.1, 0.15) is 5.82 Å². The normalized spacial score (nSPS) is 12.0. The van der Waals surface area contributed by atoms with Crippen LogP contribution < -0.4 is 5.32 Å². The molecule has 0 unspecified atom stereocenters. The predicted octanol–water partition coefficient (Wildman–Crippen LogP) is 4.93. The van der Waals surface area contributed by atoms with Gasteiger partial charge in [-0.05, 0) is 49.6 Å². The molecule has 2 rings (SSSR count). The van der Waals surface area contributed by atoms with E-state index in [-0.39, 0.29) is 10.6 Å². The highest BCUT2D eigenvalue weighted by atomic mass is 35.5. The van der Waals surface area contributed by atoms with Gasteiger partial charge in [0.25, 0.3) is 5.91 Å². The van der Waals surface area contributed by atoms with Crippen LogP contribution in [0.5, 0.6) is 0 Å². The lowest BCUT2D eigenvalue weighted by Crippen LogP contribution is -2.30. The summed E-state index contributed by atoms with van der Waals surface area (Å²) in [4.78, 5) is 24.3. The first-order valence-corrected chi connectivity index (χ1v) is 8.93. The van der Waals surface area contributed by atoms with Crippen LogP contribution in [0.2, 0.25) is 5.02 Å². The van der Waals surface area contributed by atoms with Gasteiger partial charge in [0.15, 0.2) is 6.10 Å². The highest BCUT2D eigenvalue weighted by molar-refractivity contribution is 6.32. The summed E-state index contributed by atoms with van der Waals surface area (Å²) in [5, 5.41) is 2.98. The number of ether oxygens (including phenoxy) is 1. The van der Waals surface area contributed by atoms with Crippen molar-refractivity contribution in [2.45, 2.75) is 33.3 Å². The molecule has 0 fully saturated rings. The van der Waals surface area contributed by atoms with E-state index >= 15 is 0 Å². The standard InChI is InChI=1S/C21H21ClFNO3/c1-4-15-8-5-7-13(2)20(15)24-21(26)14(3)27-19(25)12-11-16-17(22)9-6-10-18(16)23/h5-12,14H,4H2,1-3H3,(H,24,26)/b12-11+/t14-/m0/s1. The van der Waals surface area contributed by atoms with E-state index in [4.69, 9.17) is 16.3 Å². The van der Waals surface area contributed by atoms with Crippen molar-refractivity contribution in [3.8, 4) is 0 Å². The molecule has 0 aliphatic heterocycles. The second kappa shape index (κ2) is 9.33. The van der Waals surface area contributed by atoms with Gasteiger partial charge in [-0.25, -0.2) is 9.18 Å². The van der Waals surface area contributed by atoms with E-state index in [9.17, 15) is 14.0 Å². The molecule has 1 atom stereocenters. The maximum atomic E-state index is 13.7. The first kappa shape index (κ1) is 20.6. The first-order chi connectivity index (χ1) is 12.8. The lowest BCUT2D eigenvalue weighted by molar-refractivity contribution is -0.148. The number of halogens is 2. The fraction of sp³-hybridized carbons (Fsp3) is 0.238. The molecule has 1 N–H and O–H groups in total. The summed E-state index contributed by atoms with van der Waals surface area (Å²) < 4.78 is 18.8. The number of para-hydroxylation sites is 1. The molecule has 0 saturated heterocycles. The van der Waals surface area contributed by atoms with Gasteiger partial charge in [-0.2, -0.15) is 0 Å². The van der Waals surface area contributed by atoms with Gasteiger partial charge in [-0.15, -0.1) is 0 Å². The summed E-state index contributed by atoms with van der Waals surface area (Å²) in [5.41, 5.74) is 2.73. The Morgan fingerprint density at radius 1 is 1.26 bits per heavy atom. The average Bonchev–Trinajstić information content (AvgIpc) is 2.62. The molecule has 0 aliphatic rings. The van der Waals surface area contributed by atoms with Gasteiger partial charge in [0.05, 0.1) is 5.02 Å². The molecule has 2 aromatic carbocycles. The van der Waals surface area contributed by atoms with Crippen molar-refractivity contribution in [3.63, 3.8) is 0 Å². The summed E-state index contributed by atoms with van der Waals surface area (Å²) in [6.07, 6.45) is 2.01. The molecule has 2 aromatic rings. The van der Waals surface area contributed by atoms with Crippen LogP contribution in [0.25, 0.3) is 6.08 Å². The van der Waals surface area contributed by atoms with E-state index < -0.39 is 23.8 Å². The van der Waals surface area contributed by atoms with Crippen molar-refractivity contribution >= 4 is 35.2 Å². The molecule has 142 valence electrons. The second-order valence-electron chi connectivity index (χ2n) is 6.00. The largest absolute Gasteiger partial charge is 0.449 e. The van der Waals surface area contributed by atoms with E-state index in [1.165, 1.54) is 31.2 Å². The Balaban J connectivity index is 2.02. The van der Waals surface area contributed by atoms with Crippen LogP contribution >= 0.6 is 11.6 Å². The number of aryl methyl sites for hydroxylation is 2. The van der Waals surface area contributed by atoms with Gasteiger partial charge in [0, 0.05) is 17.3 Å². The molecule has 0 spiro atoms. The van der Waals surface area contributed by atoms with Crippen molar-refractivity contribution in [2.24, 2.45) is 0 Å². The van der Waals surface area contributed by atoms with Crippen molar-refractivity contribution in [2.75, 3.05) is 5.32 Å². The van der Waals surface area contributed by atoms with Crippen molar-refractivity contribution in [3.05, 3.63) is 70.0 Å². The molecule has 0 heterocycles. The summed E-state index contributed by atoms with van der Waals surface area (Å²) in [7, 11) is 0. The molecule has 0 saturated carbocycles. The number of rotatable bonds is 6. The maximum Gasteiger partial charge on any atom is 0.331 e. The second-order valence-corrected chi connectivity index (χ2v) is 6.41. The molecule has 0 aromatic heterocycles. The zero-order valence-corrected chi connectivity index (χ0v) is 16.1. The molecule has 27 heavy (non-hydrogen) atoms. The van der Waals surface area contributed by atoms with Gasteiger partial charge >= 0.3 is 5.97 Å². The number of hydrogen-bond acceptors (Lipinski definition) is 3. The number of amides is 1. The quantitative estimate of drug-likeness (QED) is 0.562. The number of benzene rings is 2. The number of hydrogen-bond donors (Lipinski definition) is 1. The van der Waals surface area contributed by atoms with Crippen LogP contribution in [-0.4, -0.2) is 18.0 Å². The van der Waals surface area contributed by atoms with Crippen LogP contribution in [0, 0.1) is 12.7 Å². The maximum absolute atomic E-state index is 13.7. The van der Waals surface area contributed by atoms with Gasteiger partial charge in [0.2, 0.25) is 0 Å². The van der Waals surface area contributed by atoms with Gasteiger partial charge < -0.3 is 10.1 Å². The Kier molecular flexibility index (Phi) is 7.13. The lowest BCUT2D eigenvalue weighted by Gasteiger charge is -2.16. The minimum atomic E-state index is -1.01. The van der Waals surface area contributed by atoms with E-state index in [1.807, 2.05) is 32.0 Å². The first-order valence-electron chi connectivity index (χ1n) is 8.55. The van der Waals surface area contributed by atoms with Crippen LogP contribution in [0.15, 0.2) is 42.5 Å². The lowest BCUT2D eigenvalue weighted by atomic mass is 10.1. The fourth-order valence-corrected chi connectivity index (χ4v) is 2.74. The van der Waals surface area contributed by atoms with Crippen molar-refractivity contribution in [1.29, 1.82) is 0 Å². The fourth-order valence-electron chi connectivity index (χ4n) is 2.52. The van der Waals surface area contributed by atoms with E-state index in [2.05, 4.69) is 5.32 Å². The molecular weight excluding hydrogens is 369 g/mol. The summed E-state index contributed by atoms with van der Waals surface area (Å²) in [6, 6.07) is 9.97. The smallest absolute Gasteiger partial charge is 0.331 e. The van der Waals surface area contributed by atoms with E-state index in [0.717, 1.165) is 29.3 Å². The topological polar surface area (TPSA) is 55.4 Å². The third kappa shape index (κ3) is 5.41. The third-order valence-electron chi connectivity index (χ3n) is 4.04. The zero-order chi connectivity index (χ0) is 20.0. The molecule has 0 bridgehead atoms. The minimum Gasteiger partial charge on any atom is -0.449 e. The molecule has 0 radical (unpaired) electrons. The number of esters is 1. The van der Waals surface area contributed by atoms with E-state index in [1.54, 1.807) is 0 Å². The number of carbonyl (C=O) groups excluding carboxylic acids is 2. The Hall–Kier alpha value is -2.66. The number of nitrogens with one attached hydrogen (secondary N) is 1. The highest BCUT2D eigenvalue weighted by Gasteiger charge is 2.18. The van der Waals surface area contributed by atoms with Crippen LogP contribution in [0.4, 0.5) is 10.1 Å². The minimum absolute atomic E-state index is 0.0840. The summed E-state index contributed by atoms with van der Waals surface area (Å²) in [5.74, 6) is -1.76. The highest BCUT2D eigenvalue weighted by Crippen LogP contribution is 2.22. The molecule has 0 aliphatic carbocycles. The Morgan fingerprint density at radius 3 is 2.63 bits per heavy atom. The summed E-state index contributed by atoms with van der Waals surface area (Å²) in [6.45, 7) is 5.36. The van der Waals surface area contributed by atoms with Gasteiger partial charge in [-0.3, -0.25) is 4.79 Å². The Bertz CT molecular complexity index is 859. The third-order valence-corrected chi connectivity index (χ3v) is 4.37. The average molecular weight is 390 g/mol.